The van der Waals surface area contributed by atoms with Crippen molar-refractivity contribution in [3.05, 3.63) is 34.4 Å². The van der Waals surface area contributed by atoms with Crippen molar-refractivity contribution in [2.45, 2.75) is 19.4 Å². The molecule has 8 nitrogen and oxygen atoms in total. The number of nitrogens with zero attached hydrogens (tertiary/aromatic N) is 4. The molecule has 19 heavy (non-hydrogen) atoms. The van der Waals surface area contributed by atoms with Gasteiger partial charge in [-0.2, -0.15) is 10.2 Å². The van der Waals surface area contributed by atoms with Gasteiger partial charge < -0.3 is 4.84 Å². The first-order valence-electron chi connectivity index (χ1n) is 5.37. The van der Waals surface area contributed by atoms with Crippen molar-refractivity contribution in [1.82, 2.24) is 0 Å². The molecule has 98 valence electrons. The SMILES string of the molecule is CC1=NOC(=O)C1(C)N=Nc1ccc([N+](=O)[O-])cc1. The van der Waals surface area contributed by atoms with Gasteiger partial charge in [0.15, 0.2) is 0 Å². The molecular weight excluding hydrogens is 252 g/mol. The summed E-state index contributed by atoms with van der Waals surface area (Å²) in [6.45, 7) is 3.15. The van der Waals surface area contributed by atoms with Gasteiger partial charge in [-0.15, -0.1) is 0 Å². The van der Waals surface area contributed by atoms with Gasteiger partial charge in [0.25, 0.3) is 5.69 Å². The highest BCUT2D eigenvalue weighted by Gasteiger charge is 2.44. The van der Waals surface area contributed by atoms with Crippen molar-refractivity contribution in [2.24, 2.45) is 15.4 Å². The Kier molecular flexibility index (Phi) is 3.07. The van der Waals surface area contributed by atoms with Crippen molar-refractivity contribution < 1.29 is 14.6 Å². The molecule has 0 saturated heterocycles. The molecule has 0 aromatic heterocycles. The molecular formula is C11H10N4O4. The van der Waals surface area contributed by atoms with E-state index in [1.54, 1.807) is 6.92 Å². The molecule has 1 heterocycles. The highest BCUT2D eigenvalue weighted by Crippen LogP contribution is 2.25. The largest absolute Gasteiger partial charge is 0.369 e. The van der Waals surface area contributed by atoms with Crippen LogP contribution in [0, 0.1) is 10.1 Å². The normalized spacial score (nSPS) is 22.4. The Bertz CT molecular complexity index is 593. The molecule has 1 unspecified atom stereocenters. The lowest BCUT2D eigenvalue weighted by Gasteiger charge is -2.11. The minimum atomic E-state index is -1.23. The molecule has 1 aliphatic rings. The summed E-state index contributed by atoms with van der Waals surface area (Å²) in [5, 5.41) is 21.8. The molecule has 8 heteroatoms. The zero-order valence-corrected chi connectivity index (χ0v) is 10.2. The maximum Gasteiger partial charge on any atom is 0.369 e. The Morgan fingerprint density at radius 2 is 2.00 bits per heavy atom. The maximum atomic E-state index is 11.5. The van der Waals surface area contributed by atoms with Crippen LogP contribution in [0.1, 0.15) is 13.8 Å². The van der Waals surface area contributed by atoms with E-state index in [-0.39, 0.29) is 5.69 Å². The predicted molar refractivity (Wildman–Crippen MR) is 65.2 cm³/mol. The number of non-ortho nitro benzene ring substituents is 1. The third kappa shape index (κ3) is 2.32. The second-order valence-corrected chi connectivity index (χ2v) is 4.10. The predicted octanol–water partition coefficient (Wildman–Crippen LogP) is 2.37. The molecule has 0 saturated carbocycles. The lowest BCUT2D eigenvalue weighted by molar-refractivity contribution is -0.384. The van der Waals surface area contributed by atoms with Gasteiger partial charge in [-0.05, 0) is 26.0 Å². The summed E-state index contributed by atoms with van der Waals surface area (Å²) in [5.41, 5.74) is -0.465. The lowest BCUT2D eigenvalue weighted by atomic mass is 9.99. The summed E-state index contributed by atoms with van der Waals surface area (Å²) in [6.07, 6.45) is 0. The molecule has 1 aliphatic heterocycles. The molecule has 0 aliphatic carbocycles. The van der Waals surface area contributed by atoms with Crippen LogP contribution in [-0.2, 0) is 9.63 Å². The van der Waals surface area contributed by atoms with E-state index >= 15 is 0 Å². The van der Waals surface area contributed by atoms with Gasteiger partial charge in [-0.1, -0.05) is 5.16 Å². The summed E-state index contributed by atoms with van der Waals surface area (Å²) in [7, 11) is 0. The van der Waals surface area contributed by atoms with E-state index in [1.165, 1.54) is 31.2 Å². The van der Waals surface area contributed by atoms with E-state index < -0.39 is 16.4 Å². The molecule has 1 aromatic rings. The van der Waals surface area contributed by atoms with Crippen LogP contribution in [0.15, 0.2) is 39.6 Å². The number of hydrogen-bond acceptors (Lipinski definition) is 7. The number of azo groups is 1. The van der Waals surface area contributed by atoms with E-state index in [0.29, 0.717) is 11.4 Å². The van der Waals surface area contributed by atoms with Crippen molar-refractivity contribution in [3.8, 4) is 0 Å². The standard InChI is InChI=1S/C11H10N4O4/c1-7-11(2,10(16)19-13-7)14-12-8-3-5-9(6-4-8)15(17)18/h3-6H,1-2H3. The molecule has 2 rings (SSSR count). The van der Waals surface area contributed by atoms with Gasteiger partial charge in [0.2, 0.25) is 5.54 Å². The van der Waals surface area contributed by atoms with E-state index in [9.17, 15) is 14.9 Å². The van der Waals surface area contributed by atoms with Gasteiger partial charge >= 0.3 is 5.97 Å². The number of hydrogen-bond donors (Lipinski definition) is 0. The summed E-state index contributed by atoms with van der Waals surface area (Å²) < 4.78 is 0. The van der Waals surface area contributed by atoms with Gasteiger partial charge in [0.1, 0.15) is 0 Å². The number of benzene rings is 1. The molecule has 0 amide bonds. The highest BCUT2D eigenvalue weighted by molar-refractivity contribution is 6.12. The Morgan fingerprint density at radius 1 is 1.37 bits per heavy atom. The maximum absolute atomic E-state index is 11.5. The van der Waals surface area contributed by atoms with Crippen LogP contribution in [0.5, 0.6) is 0 Å². The van der Waals surface area contributed by atoms with Gasteiger partial charge in [0.05, 0.1) is 16.3 Å². The fraction of sp³-hybridized carbons (Fsp3) is 0.273. The Hall–Kier alpha value is -2.64. The average Bonchev–Trinajstić information content (AvgIpc) is 2.65. The Labute approximate surface area is 107 Å². The summed E-state index contributed by atoms with van der Waals surface area (Å²) in [6, 6.07) is 5.50. The minimum absolute atomic E-state index is 0.0387. The molecule has 0 fully saturated rings. The first-order chi connectivity index (χ1) is 8.93. The topological polar surface area (TPSA) is 107 Å². The van der Waals surface area contributed by atoms with E-state index in [2.05, 4.69) is 20.2 Å². The van der Waals surface area contributed by atoms with Crippen LogP contribution >= 0.6 is 0 Å². The zero-order valence-electron chi connectivity index (χ0n) is 10.2. The van der Waals surface area contributed by atoms with E-state index in [1.807, 2.05) is 0 Å². The van der Waals surface area contributed by atoms with E-state index in [4.69, 9.17) is 0 Å². The Morgan fingerprint density at radius 3 is 2.47 bits per heavy atom. The van der Waals surface area contributed by atoms with Crippen LogP contribution in [0.3, 0.4) is 0 Å². The van der Waals surface area contributed by atoms with Crippen LogP contribution in [0.4, 0.5) is 11.4 Å². The summed E-state index contributed by atoms with van der Waals surface area (Å²) in [5.74, 6) is -0.601. The minimum Gasteiger partial charge on any atom is -0.315 e. The molecule has 0 N–H and O–H groups in total. The van der Waals surface area contributed by atoms with Crippen LogP contribution in [0.25, 0.3) is 0 Å². The van der Waals surface area contributed by atoms with Crippen molar-refractivity contribution in [1.29, 1.82) is 0 Å². The van der Waals surface area contributed by atoms with Crippen LogP contribution in [0.2, 0.25) is 0 Å². The van der Waals surface area contributed by atoms with Crippen molar-refractivity contribution >= 4 is 23.1 Å². The number of nitro groups is 1. The molecule has 0 radical (unpaired) electrons. The molecule has 1 aromatic carbocycles. The number of carbonyl (C=O) groups is 1. The molecule has 1 atom stereocenters. The summed E-state index contributed by atoms with van der Waals surface area (Å²) >= 11 is 0. The second kappa shape index (κ2) is 4.56. The third-order valence-electron chi connectivity index (χ3n) is 2.79. The first-order valence-corrected chi connectivity index (χ1v) is 5.37. The number of nitro benzene ring substituents is 1. The Balaban J connectivity index is 2.21. The first kappa shape index (κ1) is 12.8. The van der Waals surface area contributed by atoms with E-state index in [0.717, 1.165) is 0 Å². The fourth-order valence-electron chi connectivity index (χ4n) is 1.35. The zero-order chi connectivity index (χ0) is 14.0. The smallest absolute Gasteiger partial charge is 0.315 e. The van der Waals surface area contributed by atoms with Gasteiger partial charge in [-0.3, -0.25) is 10.1 Å². The van der Waals surface area contributed by atoms with Gasteiger partial charge in [0, 0.05) is 12.1 Å². The monoisotopic (exact) mass is 262 g/mol. The van der Waals surface area contributed by atoms with Crippen molar-refractivity contribution in [2.75, 3.05) is 0 Å². The average molecular weight is 262 g/mol. The van der Waals surface area contributed by atoms with Crippen LogP contribution in [-0.4, -0.2) is 22.1 Å². The number of rotatable bonds is 3. The molecule has 0 spiro atoms. The fourth-order valence-corrected chi connectivity index (χ4v) is 1.35. The van der Waals surface area contributed by atoms with Crippen molar-refractivity contribution in [3.63, 3.8) is 0 Å². The highest BCUT2D eigenvalue weighted by atomic mass is 16.7. The lowest BCUT2D eigenvalue weighted by Crippen LogP contribution is -2.35. The summed E-state index contributed by atoms with van der Waals surface area (Å²) in [4.78, 5) is 26.0. The van der Waals surface area contributed by atoms with Gasteiger partial charge in [-0.25, -0.2) is 4.79 Å². The third-order valence-corrected chi connectivity index (χ3v) is 2.79. The second-order valence-electron chi connectivity index (χ2n) is 4.10. The molecule has 0 bridgehead atoms. The number of carbonyl (C=O) groups excluding carboxylic acids is 1. The quantitative estimate of drug-likeness (QED) is 0.360. The van der Waals surface area contributed by atoms with Crippen LogP contribution < -0.4 is 0 Å². The number of oxime groups is 1.